The molecule has 1 saturated heterocycles. The number of hydrogen-bond acceptors (Lipinski definition) is 4. The van der Waals surface area contributed by atoms with Crippen LogP contribution in [0.15, 0.2) is 24.3 Å². The minimum atomic E-state index is 0.284. The molecule has 0 saturated carbocycles. The molecule has 1 aliphatic rings. The van der Waals surface area contributed by atoms with Gasteiger partial charge in [-0.1, -0.05) is 15.9 Å². The standard InChI is InChI=1S/C15H22BrNO3/c1-12-11-20-15(9-16)10-17(12)7-8-19-14-5-3-13(18-2)4-6-14/h3-6,12,15H,7-11H2,1-2H3. The number of morpholine rings is 1. The fraction of sp³-hybridized carbons (Fsp3) is 0.600. The first-order valence-corrected chi connectivity index (χ1v) is 8.03. The number of methoxy groups -OCH3 is 1. The van der Waals surface area contributed by atoms with Crippen LogP contribution in [0.3, 0.4) is 0 Å². The Kier molecular flexibility index (Phi) is 6.13. The van der Waals surface area contributed by atoms with E-state index in [2.05, 4.69) is 27.8 Å². The van der Waals surface area contributed by atoms with Gasteiger partial charge in [-0.2, -0.15) is 0 Å². The molecule has 0 aromatic heterocycles. The van der Waals surface area contributed by atoms with Crippen LogP contribution in [0.2, 0.25) is 0 Å². The predicted molar refractivity (Wildman–Crippen MR) is 83.1 cm³/mol. The molecule has 4 nitrogen and oxygen atoms in total. The molecule has 0 N–H and O–H groups in total. The van der Waals surface area contributed by atoms with E-state index in [1.54, 1.807) is 7.11 Å². The third-order valence-electron chi connectivity index (χ3n) is 3.51. The van der Waals surface area contributed by atoms with Crippen molar-refractivity contribution < 1.29 is 14.2 Å². The summed E-state index contributed by atoms with van der Waals surface area (Å²) in [6.07, 6.45) is 0.284. The summed E-state index contributed by atoms with van der Waals surface area (Å²) in [4.78, 5) is 2.42. The summed E-state index contributed by atoms with van der Waals surface area (Å²) in [5.74, 6) is 1.73. The van der Waals surface area contributed by atoms with Gasteiger partial charge in [0, 0.05) is 24.5 Å². The van der Waals surface area contributed by atoms with E-state index >= 15 is 0 Å². The topological polar surface area (TPSA) is 30.9 Å². The van der Waals surface area contributed by atoms with Gasteiger partial charge in [-0.25, -0.2) is 0 Å². The average Bonchev–Trinajstić information content (AvgIpc) is 2.50. The zero-order valence-electron chi connectivity index (χ0n) is 12.0. The molecule has 1 fully saturated rings. The molecule has 112 valence electrons. The molecular weight excluding hydrogens is 322 g/mol. The van der Waals surface area contributed by atoms with E-state index in [1.165, 1.54) is 0 Å². The molecule has 0 radical (unpaired) electrons. The van der Waals surface area contributed by atoms with Crippen molar-refractivity contribution in [2.75, 3.05) is 38.7 Å². The van der Waals surface area contributed by atoms with Crippen LogP contribution in [0.25, 0.3) is 0 Å². The molecule has 0 spiro atoms. The van der Waals surface area contributed by atoms with Crippen LogP contribution in [0.1, 0.15) is 6.92 Å². The number of hydrogen-bond donors (Lipinski definition) is 0. The van der Waals surface area contributed by atoms with Gasteiger partial charge in [-0.3, -0.25) is 4.90 Å². The van der Waals surface area contributed by atoms with Gasteiger partial charge >= 0.3 is 0 Å². The van der Waals surface area contributed by atoms with E-state index < -0.39 is 0 Å². The van der Waals surface area contributed by atoms with Crippen LogP contribution in [0.4, 0.5) is 0 Å². The predicted octanol–water partition coefficient (Wildman–Crippen LogP) is 2.56. The maximum Gasteiger partial charge on any atom is 0.119 e. The van der Waals surface area contributed by atoms with Crippen LogP contribution in [0.5, 0.6) is 11.5 Å². The smallest absolute Gasteiger partial charge is 0.119 e. The molecule has 5 heteroatoms. The largest absolute Gasteiger partial charge is 0.497 e. The summed E-state index contributed by atoms with van der Waals surface area (Å²) in [5.41, 5.74) is 0. The molecule has 2 rings (SSSR count). The fourth-order valence-electron chi connectivity index (χ4n) is 2.23. The first-order valence-electron chi connectivity index (χ1n) is 6.91. The maximum absolute atomic E-state index is 5.78. The Hall–Kier alpha value is -0.780. The lowest BCUT2D eigenvalue weighted by Crippen LogP contribution is -2.50. The Labute approximate surface area is 129 Å². The average molecular weight is 344 g/mol. The highest BCUT2D eigenvalue weighted by Gasteiger charge is 2.24. The Morgan fingerprint density at radius 2 is 2.00 bits per heavy atom. The highest BCUT2D eigenvalue weighted by Crippen LogP contribution is 2.17. The minimum Gasteiger partial charge on any atom is -0.497 e. The summed E-state index contributed by atoms with van der Waals surface area (Å²) in [6.45, 7) is 5.54. The normalized spacial score (nSPS) is 23.6. The molecule has 20 heavy (non-hydrogen) atoms. The van der Waals surface area contributed by atoms with Crippen molar-refractivity contribution in [1.82, 2.24) is 4.90 Å². The molecule has 1 heterocycles. The van der Waals surface area contributed by atoms with E-state index in [4.69, 9.17) is 14.2 Å². The third kappa shape index (κ3) is 4.36. The summed E-state index contributed by atoms with van der Waals surface area (Å²) in [5, 5.41) is 0.884. The highest BCUT2D eigenvalue weighted by molar-refractivity contribution is 9.09. The van der Waals surface area contributed by atoms with E-state index in [-0.39, 0.29) is 6.10 Å². The fourth-order valence-corrected chi connectivity index (χ4v) is 2.62. The first kappa shape index (κ1) is 15.6. The quantitative estimate of drug-likeness (QED) is 0.743. The zero-order valence-corrected chi connectivity index (χ0v) is 13.6. The van der Waals surface area contributed by atoms with Crippen LogP contribution in [-0.2, 0) is 4.74 Å². The lowest BCUT2D eigenvalue weighted by molar-refractivity contribution is -0.0496. The van der Waals surface area contributed by atoms with Crippen molar-refractivity contribution in [3.8, 4) is 11.5 Å². The Bertz CT molecular complexity index is 399. The Morgan fingerprint density at radius 3 is 2.65 bits per heavy atom. The minimum absolute atomic E-state index is 0.284. The Morgan fingerprint density at radius 1 is 1.30 bits per heavy atom. The van der Waals surface area contributed by atoms with E-state index in [1.807, 2.05) is 24.3 Å². The summed E-state index contributed by atoms with van der Waals surface area (Å²) < 4.78 is 16.6. The lowest BCUT2D eigenvalue weighted by atomic mass is 10.2. The van der Waals surface area contributed by atoms with Gasteiger partial charge in [-0.05, 0) is 31.2 Å². The van der Waals surface area contributed by atoms with Crippen LogP contribution < -0.4 is 9.47 Å². The number of halogens is 1. The second kappa shape index (κ2) is 7.86. The molecule has 1 aliphatic heterocycles. The van der Waals surface area contributed by atoms with Crippen LogP contribution in [-0.4, -0.2) is 55.8 Å². The van der Waals surface area contributed by atoms with E-state index in [0.717, 1.165) is 36.5 Å². The van der Waals surface area contributed by atoms with Crippen molar-refractivity contribution in [2.24, 2.45) is 0 Å². The van der Waals surface area contributed by atoms with Crippen molar-refractivity contribution >= 4 is 15.9 Å². The summed E-state index contributed by atoms with van der Waals surface area (Å²) in [6, 6.07) is 8.14. The highest BCUT2D eigenvalue weighted by atomic mass is 79.9. The molecule has 0 aliphatic carbocycles. The number of rotatable bonds is 6. The molecule has 0 amide bonds. The molecule has 2 unspecified atom stereocenters. The van der Waals surface area contributed by atoms with E-state index in [9.17, 15) is 0 Å². The van der Waals surface area contributed by atoms with Gasteiger partial charge in [0.15, 0.2) is 0 Å². The molecule has 0 bridgehead atoms. The first-order chi connectivity index (χ1) is 9.72. The van der Waals surface area contributed by atoms with Gasteiger partial charge in [-0.15, -0.1) is 0 Å². The number of nitrogens with zero attached hydrogens (tertiary/aromatic N) is 1. The van der Waals surface area contributed by atoms with Gasteiger partial charge in [0.2, 0.25) is 0 Å². The third-order valence-corrected chi connectivity index (χ3v) is 4.24. The van der Waals surface area contributed by atoms with Crippen molar-refractivity contribution in [3.05, 3.63) is 24.3 Å². The SMILES string of the molecule is COc1ccc(OCCN2CC(CBr)OCC2C)cc1. The maximum atomic E-state index is 5.78. The molecule has 1 aromatic rings. The number of alkyl halides is 1. The zero-order chi connectivity index (χ0) is 14.4. The van der Waals surface area contributed by atoms with Crippen LogP contribution in [0, 0.1) is 0 Å². The van der Waals surface area contributed by atoms with Gasteiger partial charge in [0.25, 0.3) is 0 Å². The summed E-state index contributed by atoms with van der Waals surface area (Å²) >= 11 is 3.48. The summed E-state index contributed by atoms with van der Waals surface area (Å²) in [7, 11) is 1.66. The second-order valence-corrected chi connectivity index (χ2v) is 5.63. The molecule has 2 atom stereocenters. The second-order valence-electron chi connectivity index (χ2n) is 4.98. The Balaban J connectivity index is 1.76. The monoisotopic (exact) mass is 343 g/mol. The molecular formula is C15H22BrNO3. The number of benzene rings is 1. The van der Waals surface area contributed by atoms with E-state index in [0.29, 0.717) is 12.6 Å². The van der Waals surface area contributed by atoms with Gasteiger partial charge in [0.05, 0.1) is 19.8 Å². The number of ether oxygens (including phenoxy) is 3. The van der Waals surface area contributed by atoms with Gasteiger partial charge in [0.1, 0.15) is 18.1 Å². The van der Waals surface area contributed by atoms with Crippen molar-refractivity contribution in [2.45, 2.75) is 19.1 Å². The van der Waals surface area contributed by atoms with Gasteiger partial charge < -0.3 is 14.2 Å². The van der Waals surface area contributed by atoms with Crippen molar-refractivity contribution in [1.29, 1.82) is 0 Å². The molecule has 1 aromatic carbocycles. The lowest BCUT2D eigenvalue weighted by Gasteiger charge is -2.37. The van der Waals surface area contributed by atoms with Crippen LogP contribution >= 0.6 is 15.9 Å². The van der Waals surface area contributed by atoms with Crippen molar-refractivity contribution in [3.63, 3.8) is 0 Å².